The van der Waals surface area contributed by atoms with Crippen LogP contribution in [-0.2, 0) is 9.53 Å². The van der Waals surface area contributed by atoms with Crippen LogP contribution >= 0.6 is 22.9 Å². The van der Waals surface area contributed by atoms with E-state index in [0.29, 0.717) is 49.3 Å². The van der Waals surface area contributed by atoms with E-state index in [0.717, 1.165) is 5.56 Å². The molecule has 2 heterocycles. The standard InChI is InChI=1S/C26H25ClN2O5S/c1-5-33-20-13-16(11-12-19(20)32-4)14-21-24(30)29-23(17-9-7-8-10-18(17)27)22(25(31)34-6-2)15(3)28-26(29)35-21/h7-14,23H,5-6H2,1-4H3/b21-14-/t23-/m1/s1. The highest BCUT2D eigenvalue weighted by Gasteiger charge is 2.34. The number of carbonyl (C=O) groups is 1. The zero-order valence-corrected chi connectivity index (χ0v) is 21.4. The Morgan fingerprint density at radius 3 is 2.63 bits per heavy atom. The summed E-state index contributed by atoms with van der Waals surface area (Å²) in [5.74, 6) is 0.675. The van der Waals surface area contributed by atoms with Crippen LogP contribution in [0.2, 0.25) is 5.02 Å². The van der Waals surface area contributed by atoms with Crippen molar-refractivity contribution in [2.45, 2.75) is 26.8 Å². The fourth-order valence-electron chi connectivity index (χ4n) is 3.99. The SMILES string of the molecule is CCOC(=O)C1=C(C)N=c2s/c(=C\c3ccc(OC)c(OCC)c3)c(=O)n2[C@@H]1c1ccccc1Cl. The van der Waals surface area contributed by atoms with Gasteiger partial charge in [0.2, 0.25) is 0 Å². The second-order valence-corrected chi connectivity index (χ2v) is 9.08. The summed E-state index contributed by atoms with van der Waals surface area (Å²) in [6.45, 7) is 6.05. The Kier molecular flexibility index (Phi) is 7.42. The summed E-state index contributed by atoms with van der Waals surface area (Å²) >= 11 is 7.78. The van der Waals surface area contributed by atoms with Crippen molar-refractivity contribution in [3.63, 3.8) is 0 Å². The zero-order chi connectivity index (χ0) is 25.1. The molecule has 9 heteroatoms. The predicted octanol–water partition coefficient (Wildman–Crippen LogP) is 3.86. The first-order valence-corrected chi connectivity index (χ1v) is 12.3. The molecule has 1 aromatic heterocycles. The lowest BCUT2D eigenvalue weighted by atomic mass is 9.96. The van der Waals surface area contributed by atoms with Gasteiger partial charge in [0.05, 0.1) is 36.1 Å². The lowest BCUT2D eigenvalue weighted by Crippen LogP contribution is -2.40. The Hall–Kier alpha value is -3.36. The Bertz CT molecular complexity index is 1490. The average molecular weight is 513 g/mol. The third-order valence-electron chi connectivity index (χ3n) is 5.50. The highest BCUT2D eigenvalue weighted by molar-refractivity contribution is 7.07. The van der Waals surface area contributed by atoms with Gasteiger partial charge >= 0.3 is 5.97 Å². The number of methoxy groups -OCH3 is 1. The van der Waals surface area contributed by atoms with E-state index in [1.54, 1.807) is 51.3 Å². The molecule has 0 saturated heterocycles. The van der Waals surface area contributed by atoms with E-state index in [-0.39, 0.29) is 12.2 Å². The summed E-state index contributed by atoms with van der Waals surface area (Å²) in [6.07, 6.45) is 1.78. The summed E-state index contributed by atoms with van der Waals surface area (Å²) < 4.78 is 18.3. The zero-order valence-electron chi connectivity index (χ0n) is 19.8. The van der Waals surface area contributed by atoms with Gasteiger partial charge in [-0.1, -0.05) is 47.2 Å². The molecule has 0 bridgehead atoms. The number of benzene rings is 2. The number of carbonyl (C=O) groups excluding carboxylic acids is 1. The summed E-state index contributed by atoms with van der Waals surface area (Å²) in [5, 5.41) is 0.445. The molecule has 182 valence electrons. The Labute approximate surface area is 211 Å². The minimum atomic E-state index is -0.754. The maximum absolute atomic E-state index is 13.7. The van der Waals surface area contributed by atoms with Crippen LogP contribution in [0.15, 0.2) is 63.5 Å². The Morgan fingerprint density at radius 2 is 1.94 bits per heavy atom. The van der Waals surface area contributed by atoms with Crippen LogP contribution in [0.3, 0.4) is 0 Å². The van der Waals surface area contributed by atoms with E-state index in [1.165, 1.54) is 15.9 Å². The molecule has 2 aromatic carbocycles. The second kappa shape index (κ2) is 10.5. The monoisotopic (exact) mass is 512 g/mol. The lowest BCUT2D eigenvalue weighted by Gasteiger charge is -2.25. The molecule has 0 amide bonds. The number of aromatic nitrogens is 1. The quantitative estimate of drug-likeness (QED) is 0.449. The van der Waals surface area contributed by atoms with Crippen LogP contribution in [0.4, 0.5) is 0 Å². The van der Waals surface area contributed by atoms with Crippen LogP contribution in [0.25, 0.3) is 6.08 Å². The van der Waals surface area contributed by atoms with Crippen LogP contribution in [0, 0.1) is 0 Å². The number of hydrogen-bond donors (Lipinski definition) is 0. The fraction of sp³-hybridized carbons (Fsp3) is 0.269. The molecule has 4 rings (SSSR count). The van der Waals surface area contributed by atoms with Gasteiger partial charge in [0, 0.05) is 5.02 Å². The summed E-state index contributed by atoms with van der Waals surface area (Å²) in [4.78, 5) is 31.7. The maximum Gasteiger partial charge on any atom is 0.338 e. The topological polar surface area (TPSA) is 79.1 Å². The predicted molar refractivity (Wildman–Crippen MR) is 136 cm³/mol. The molecule has 0 aliphatic carbocycles. The van der Waals surface area contributed by atoms with Gasteiger partial charge < -0.3 is 14.2 Å². The molecule has 0 saturated carbocycles. The number of hydrogen-bond acceptors (Lipinski definition) is 7. The van der Waals surface area contributed by atoms with E-state index in [2.05, 4.69) is 4.99 Å². The van der Waals surface area contributed by atoms with Crippen molar-refractivity contribution in [2.24, 2.45) is 4.99 Å². The molecule has 0 radical (unpaired) electrons. The summed E-state index contributed by atoms with van der Waals surface area (Å²) in [7, 11) is 1.58. The number of ether oxygens (including phenoxy) is 3. The molecule has 1 aliphatic heterocycles. The third-order valence-corrected chi connectivity index (χ3v) is 6.83. The minimum absolute atomic E-state index is 0.203. The number of esters is 1. The van der Waals surface area contributed by atoms with Gasteiger partial charge in [0.25, 0.3) is 5.56 Å². The smallest absolute Gasteiger partial charge is 0.338 e. The first-order chi connectivity index (χ1) is 16.9. The van der Waals surface area contributed by atoms with E-state index in [9.17, 15) is 9.59 Å². The molecular weight excluding hydrogens is 488 g/mol. The molecular formula is C26H25ClN2O5S. The molecule has 0 unspecified atom stereocenters. The van der Waals surface area contributed by atoms with Crippen molar-refractivity contribution in [2.75, 3.05) is 20.3 Å². The van der Waals surface area contributed by atoms with Gasteiger partial charge in [-0.25, -0.2) is 9.79 Å². The van der Waals surface area contributed by atoms with Crippen LogP contribution in [0.1, 0.15) is 37.9 Å². The highest BCUT2D eigenvalue weighted by atomic mass is 35.5. The molecule has 0 spiro atoms. The Morgan fingerprint density at radius 1 is 1.17 bits per heavy atom. The average Bonchev–Trinajstić information content (AvgIpc) is 3.13. The number of thiazole rings is 1. The van der Waals surface area contributed by atoms with Gasteiger partial charge in [-0.15, -0.1) is 0 Å². The third kappa shape index (κ3) is 4.76. The van der Waals surface area contributed by atoms with E-state index < -0.39 is 12.0 Å². The minimum Gasteiger partial charge on any atom is -0.493 e. The number of rotatable bonds is 7. The second-order valence-electron chi connectivity index (χ2n) is 7.67. The van der Waals surface area contributed by atoms with Gasteiger partial charge in [-0.05, 0) is 56.2 Å². The highest BCUT2D eigenvalue weighted by Crippen LogP contribution is 2.34. The van der Waals surface area contributed by atoms with Crippen molar-refractivity contribution in [1.29, 1.82) is 0 Å². The number of halogens is 1. The van der Waals surface area contributed by atoms with Gasteiger partial charge in [0.1, 0.15) is 6.04 Å². The molecule has 3 aromatic rings. The van der Waals surface area contributed by atoms with Gasteiger partial charge in [-0.2, -0.15) is 0 Å². The van der Waals surface area contributed by atoms with E-state index >= 15 is 0 Å². The van der Waals surface area contributed by atoms with Crippen LogP contribution in [-0.4, -0.2) is 30.9 Å². The Balaban J connectivity index is 1.93. The summed E-state index contributed by atoms with van der Waals surface area (Å²) in [5.41, 5.74) is 1.91. The van der Waals surface area contributed by atoms with Crippen LogP contribution in [0.5, 0.6) is 11.5 Å². The molecule has 1 atom stereocenters. The largest absolute Gasteiger partial charge is 0.493 e. The number of allylic oxidation sites excluding steroid dienone is 1. The van der Waals surface area contributed by atoms with Gasteiger partial charge in [-0.3, -0.25) is 9.36 Å². The summed E-state index contributed by atoms with van der Waals surface area (Å²) in [6, 6.07) is 11.9. The molecule has 35 heavy (non-hydrogen) atoms. The van der Waals surface area contributed by atoms with E-state index in [4.69, 9.17) is 25.8 Å². The normalized spacial score (nSPS) is 15.5. The van der Waals surface area contributed by atoms with Crippen molar-refractivity contribution in [3.05, 3.63) is 89.6 Å². The number of nitrogens with zero attached hydrogens (tertiary/aromatic N) is 2. The first kappa shape index (κ1) is 24.8. The first-order valence-electron chi connectivity index (χ1n) is 11.1. The molecule has 0 fully saturated rings. The van der Waals surface area contributed by atoms with Crippen molar-refractivity contribution < 1.29 is 19.0 Å². The van der Waals surface area contributed by atoms with Gasteiger partial charge in [0.15, 0.2) is 16.3 Å². The van der Waals surface area contributed by atoms with E-state index in [1.807, 2.05) is 25.1 Å². The molecule has 7 nitrogen and oxygen atoms in total. The van der Waals surface area contributed by atoms with Crippen molar-refractivity contribution in [3.8, 4) is 11.5 Å². The lowest BCUT2D eigenvalue weighted by molar-refractivity contribution is -0.139. The van der Waals surface area contributed by atoms with Crippen molar-refractivity contribution >= 4 is 35.0 Å². The molecule has 0 N–H and O–H groups in total. The molecule has 1 aliphatic rings. The van der Waals surface area contributed by atoms with Crippen LogP contribution < -0.4 is 24.4 Å². The number of fused-ring (bicyclic) bond motifs is 1. The fourth-order valence-corrected chi connectivity index (χ4v) is 5.27. The maximum atomic E-state index is 13.7. The van der Waals surface area contributed by atoms with Crippen molar-refractivity contribution in [1.82, 2.24) is 4.57 Å².